The van der Waals surface area contributed by atoms with Gasteiger partial charge in [-0.3, -0.25) is 0 Å². The van der Waals surface area contributed by atoms with E-state index >= 15 is 0 Å². The van der Waals surface area contributed by atoms with Gasteiger partial charge < -0.3 is 24.2 Å². The molecule has 0 atom stereocenters. The minimum atomic E-state index is -1.21. The number of nitrogens with zero attached hydrogens (tertiary/aromatic N) is 1. The van der Waals surface area contributed by atoms with Crippen molar-refractivity contribution in [1.82, 2.24) is 0 Å². The lowest BCUT2D eigenvalue weighted by Gasteiger charge is -2.13. The van der Waals surface area contributed by atoms with Crippen LogP contribution in [0.5, 0.6) is 11.5 Å². The van der Waals surface area contributed by atoms with Gasteiger partial charge in [-0.05, 0) is 28.8 Å². The van der Waals surface area contributed by atoms with E-state index in [1.54, 1.807) is 31.5 Å². The highest BCUT2D eigenvalue weighted by molar-refractivity contribution is 5.86. The molecule has 148 valence electrons. The molecule has 0 aromatic heterocycles. The van der Waals surface area contributed by atoms with Crippen LogP contribution in [0.25, 0.3) is 0 Å². The fourth-order valence-corrected chi connectivity index (χ4v) is 2.62. The summed E-state index contributed by atoms with van der Waals surface area (Å²) in [5.41, 5.74) is 2.65. The highest BCUT2D eigenvalue weighted by atomic mass is 16.6. The van der Waals surface area contributed by atoms with E-state index in [1.165, 1.54) is 12.1 Å². The largest absolute Gasteiger partial charge is 0.545 e. The quantitative estimate of drug-likeness (QED) is 0.414. The van der Waals surface area contributed by atoms with Gasteiger partial charge in [-0.15, -0.1) is 0 Å². The number of rotatable bonds is 9. The van der Waals surface area contributed by atoms with E-state index in [0.29, 0.717) is 23.7 Å². The molecule has 0 aliphatic rings. The van der Waals surface area contributed by atoms with Crippen molar-refractivity contribution in [2.24, 2.45) is 5.16 Å². The van der Waals surface area contributed by atoms with Crippen molar-refractivity contribution >= 4 is 12.2 Å². The number of benzene rings is 3. The molecule has 0 saturated carbocycles. The van der Waals surface area contributed by atoms with Crippen molar-refractivity contribution in [3.8, 4) is 11.5 Å². The van der Waals surface area contributed by atoms with Gasteiger partial charge in [0, 0.05) is 5.56 Å². The van der Waals surface area contributed by atoms with Crippen LogP contribution in [0, 0.1) is 0 Å². The predicted octanol–water partition coefficient (Wildman–Crippen LogP) is 3.19. The first-order valence-electron chi connectivity index (χ1n) is 8.96. The summed E-state index contributed by atoms with van der Waals surface area (Å²) in [4.78, 5) is 16.2. The molecule has 0 aliphatic carbocycles. The molecule has 6 heteroatoms. The number of oxime groups is 1. The fourth-order valence-electron chi connectivity index (χ4n) is 2.62. The number of carboxylic acid groups (broad SMARTS) is 1. The predicted molar refractivity (Wildman–Crippen MR) is 107 cm³/mol. The third-order valence-electron chi connectivity index (χ3n) is 4.14. The van der Waals surface area contributed by atoms with E-state index < -0.39 is 5.97 Å². The van der Waals surface area contributed by atoms with E-state index in [-0.39, 0.29) is 12.2 Å². The van der Waals surface area contributed by atoms with E-state index in [9.17, 15) is 9.90 Å². The molecule has 0 bridgehead atoms. The molecule has 29 heavy (non-hydrogen) atoms. The summed E-state index contributed by atoms with van der Waals surface area (Å²) in [7, 11) is 1.56. The highest BCUT2D eigenvalue weighted by Crippen LogP contribution is 2.31. The first kappa shape index (κ1) is 19.9. The van der Waals surface area contributed by atoms with Crippen LogP contribution in [-0.2, 0) is 18.1 Å². The number of para-hydroxylation sites is 1. The Labute approximate surface area is 169 Å². The summed E-state index contributed by atoms with van der Waals surface area (Å²) < 4.78 is 11.3. The molecule has 0 fully saturated rings. The van der Waals surface area contributed by atoms with Gasteiger partial charge in [0.1, 0.15) is 13.2 Å². The average Bonchev–Trinajstić information content (AvgIpc) is 2.76. The van der Waals surface area contributed by atoms with Gasteiger partial charge in [0.15, 0.2) is 11.5 Å². The monoisotopic (exact) mass is 390 g/mol. The van der Waals surface area contributed by atoms with Crippen molar-refractivity contribution < 1.29 is 24.2 Å². The molecule has 0 aliphatic heterocycles. The summed E-state index contributed by atoms with van der Waals surface area (Å²) in [5.74, 6) is -0.134. The van der Waals surface area contributed by atoms with E-state index in [4.69, 9.17) is 14.3 Å². The van der Waals surface area contributed by atoms with Crippen LogP contribution >= 0.6 is 0 Å². The molecule has 6 nitrogen and oxygen atoms in total. The second-order valence-corrected chi connectivity index (χ2v) is 6.15. The smallest absolute Gasteiger partial charge is 0.170 e. The lowest BCUT2D eigenvalue weighted by molar-refractivity contribution is -0.255. The van der Waals surface area contributed by atoms with Crippen molar-refractivity contribution in [3.05, 3.63) is 95.1 Å². The maximum absolute atomic E-state index is 10.9. The topological polar surface area (TPSA) is 80.2 Å². The van der Waals surface area contributed by atoms with Crippen molar-refractivity contribution in [2.75, 3.05) is 7.11 Å². The van der Waals surface area contributed by atoms with Gasteiger partial charge in [-0.25, -0.2) is 0 Å². The summed E-state index contributed by atoms with van der Waals surface area (Å²) in [6, 6.07) is 21.5. The Morgan fingerprint density at radius 3 is 2.34 bits per heavy atom. The summed E-state index contributed by atoms with van der Waals surface area (Å²) in [5, 5.41) is 14.9. The van der Waals surface area contributed by atoms with Gasteiger partial charge in [-0.2, -0.15) is 0 Å². The summed E-state index contributed by atoms with van der Waals surface area (Å²) in [6.45, 7) is 0.599. The van der Waals surface area contributed by atoms with Crippen LogP contribution in [0.3, 0.4) is 0 Å². The van der Waals surface area contributed by atoms with Crippen LogP contribution in [0.1, 0.15) is 27.0 Å². The zero-order chi connectivity index (χ0) is 20.5. The number of methoxy groups -OCH3 is 1. The maximum atomic E-state index is 10.9. The minimum Gasteiger partial charge on any atom is -0.545 e. The zero-order valence-electron chi connectivity index (χ0n) is 15.9. The second kappa shape index (κ2) is 9.94. The molecule has 0 unspecified atom stereocenters. The molecule has 0 heterocycles. The minimum absolute atomic E-state index is 0.120. The number of carbonyl (C=O) groups excluding carboxylic acids is 1. The van der Waals surface area contributed by atoms with E-state index in [1.807, 2.05) is 42.5 Å². The highest BCUT2D eigenvalue weighted by Gasteiger charge is 2.10. The molecule has 3 aromatic carbocycles. The Kier molecular flexibility index (Phi) is 6.84. The molecule has 0 N–H and O–H groups in total. The Balaban J connectivity index is 1.68. The molecule has 0 spiro atoms. The number of carboxylic acids is 1. The molecule has 0 radical (unpaired) electrons. The van der Waals surface area contributed by atoms with Crippen LogP contribution in [0.2, 0.25) is 0 Å². The molecule has 3 aromatic rings. The standard InChI is InChI=1S/C23H21NO5/c1-27-21-9-5-8-20(14-24-29-16-17-6-3-2-4-7-17)22(21)28-15-18-10-12-19(13-11-18)23(25)26/h2-14H,15-16H2,1H3,(H,25,26)/p-1/b24-14-. The van der Waals surface area contributed by atoms with Crippen LogP contribution in [-0.4, -0.2) is 19.3 Å². The van der Waals surface area contributed by atoms with E-state index in [2.05, 4.69) is 5.16 Å². The molecule has 0 saturated heterocycles. The van der Waals surface area contributed by atoms with Gasteiger partial charge in [-0.1, -0.05) is 65.8 Å². The number of ether oxygens (including phenoxy) is 2. The zero-order valence-corrected chi connectivity index (χ0v) is 15.9. The van der Waals surface area contributed by atoms with Crippen LogP contribution < -0.4 is 14.6 Å². The number of hydrogen-bond donors (Lipinski definition) is 0. The van der Waals surface area contributed by atoms with Gasteiger partial charge in [0.25, 0.3) is 0 Å². The molecule has 3 rings (SSSR count). The van der Waals surface area contributed by atoms with Gasteiger partial charge in [0.05, 0.1) is 19.3 Å². The van der Waals surface area contributed by atoms with Gasteiger partial charge >= 0.3 is 0 Å². The Morgan fingerprint density at radius 2 is 1.66 bits per heavy atom. The van der Waals surface area contributed by atoms with Crippen molar-refractivity contribution in [1.29, 1.82) is 0 Å². The second-order valence-electron chi connectivity index (χ2n) is 6.15. The summed E-state index contributed by atoms with van der Waals surface area (Å²) >= 11 is 0. The van der Waals surface area contributed by atoms with Crippen molar-refractivity contribution in [2.45, 2.75) is 13.2 Å². The third-order valence-corrected chi connectivity index (χ3v) is 4.14. The Bertz CT molecular complexity index is 968. The Hall–Kier alpha value is -3.80. The van der Waals surface area contributed by atoms with Crippen LogP contribution in [0.4, 0.5) is 0 Å². The number of hydrogen-bond acceptors (Lipinski definition) is 6. The van der Waals surface area contributed by atoms with E-state index in [0.717, 1.165) is 11.1 Å². The lowest BCUT2D eigenvalue weighted by atomic mass is 10.1. The molecule has 0 amide bonds. The number of aromatic carboxylic acids is 1. The SMILES string of the molecule is COc1cccc(/C=N\OCc2ccccc2)c1OCc1ccc(C(=O)[O-])cc1. The average molecular weight is 390 g/mol. The normalized spacial score (nSPS) is 10.7. The fraction of sp³-hybridized carbons (Fsp3) is 0.130. The molecular formula is C23H20NO5-. The van der Waals surface area contributed by atoms with Crippen LogP contribution in [0.15, 0.2) is 78.0 Å². The van der Waals surface area contributed by atoms with Crippen molar-refractivity contribution in [3.63, 3.8) is 0 Å². The van der Waals surface area contributed by atoms with Gasteiger partial charge in [0.2, 0.25) is 0 Å². The summed E-state index contributed by atoms with van der Waals surface area (Å²) in [6.07, 6.45) is 1.57. The lowest BCUT2D eigenvalue weighted by Crippen LogP contribution is -2.22. The third kappa shape index (κ3) is 5.59. The Morgan fingerprint density at radius 1 is 0.931 bits per heavy atom. The maximum Gasteiger partial charge on any atom is 0.170 e. The molecular weight excluding hydrogens is 370 g/mol. The number of carbonyl (C=O) groups is 1. The first-order chi connectivity index (χ1) is 14.2. The first-order valence-corrected chi connectivity index (χ1v) is 8.96.